The standard InChI is InChI=1S/C29H32N4O7/c1-5-6-15-32-17-19(16-30-32)25(34)31-20-11-13-21(14-12-20)38-18-24(28(37)39-29(2,3)4)40-33-26(35)22-9-7-8-10-23(22)27(33)36/h7-14,16-17,24H,5-6,15,18H2,1-4H3,(H,31,34)/t24-/m0/s1. The van der Waals surface area contributed by atoms with Crippen molar-refractivity contribution in [3.8, 4) is 5.75 Å². The molecule has 1 aliphatic heterocycles. The van der Waals surface area contributed by atoms with E-state index in [2.05, 4.69) is 17.3 Å². The molecule has 0 aliphatic carbocycles. The maximum absolute atomic E-state index is 12.9. The molecule has 0 bridgehead atoms. The molecule has 4 rings (SSSR count). The SMILES string of the molecule is CCCCn1cc(C(=O)Nc2ccc(OC[C@H](ON3C(=O)c4ccccc4C3=O)C(=O)OC(C)(C)C)cc2)cn1. The fourth-order valence-electron chi connectivity index (χ4n) is 3.83. The van der Waals surface area contributed by atoms with E-state index in [0.717, 1.165) is 19.4 Å². The summed E-state index contributed by atoms with van der Waals surface area (Å²) in [4.78, 5) is 56.5. The lowest BCUT2D eigenvalue weighted by molar-refractivity contribution is -0.193. The summed E-state index contributed by atoms with van der Waals surface area (Å²) in [7, 11) is 0. The van der Waals surface area contributed by atoms with Gasteiger partial charge in [-0.05, 0) is 63.6 Å². The van der Waals surface area contributed by atoms with Gasteiger partial charge in [0.25, 0.3) is 17.7 Å². The molecule has 210 valence electrons. The highest BCUT2D eigenvalue weighted by atomic mass is 16.7. The number of ether oxygens (including phenoxy) is 2. The average Bonchev–Trinajstić information content (AvgIpc) is 3.48. The lowest BCUT2D eigenvalue weighted by Crippen LogP contribution is -2.43. The minimum Gasteiger partial charge on any atom is -0.490 e. The number of hydrogen-bond donors (Lipinski definition) is 1. The van der Waals surface area contributed by atoms with Gasteiger partial charge in [0.1, 0.15) is 18.0 Å². The van der Waals surface area contributed by atoms with Gasteiger partial charge in [-0.2, -0.15) is 5.10 Å². The number of imide groups is 1. The van der Waals surface area contributed by atoms with Gasteiger partial charge in [-0.15, -0.1) is 5.06 Å². The van der Waals surface area contributed by atoms with Crippen LogP contribution in [0.3, 0.4) is 0 Å². The zero-order valence-corrected chi connectivity index (χ0v) is 22.9. The Balaban J connectivity index is 1.39. The Bertz CT molecular complexity index is 1360. The van der Waals surface area contributed by atoms with Crippen LogP contribution in [-0.2, 0) is 20.9 Å². The molecule has 0 radical (unpaired) electrons. The van der Waals surface area contributed by atoms with Crippen LogP contribution in [0.5, 0.6) is 5.75 Å². The van der Waals surface area contributed by atoms with E-state index >= 15 is 0 Å². The predicted octanol–water partition coefficient (Wildman–Crippen LogP) is 4.25. The van der Waals surface area contributed by atoms with Gasteiger partial charge in [-0.3, -0.25) is 19.1 Å². The highest BCUT2D eigenvalue weighted by Crippen LogP contribution is 2.25. The maximum atomic E-state index is 12.9. The van der Waals surface area contributed by atoms with Crippen molar-refractivity contribution in [2.45, 2.75) is 58.8 Å². The fourth-order valence-corrected chi connectivity index (χ4v) is 3.83. The third kappa shape index (κ3) is 6.92. The molecule has 0 fully saturated rings. The summed E-state index contributed by atoms with van der Waals surface area (Å²) in [6, 6.07) is 12.8. The van der Waals surface area contributed by atoms with Crippen molar-refractivity contribution in [2.24, 2.45) is 0 Å². The summed E-state index contributed by atoms with van der Waals surface area (Å²) < 4.78 is 12.9. The van der Waals surface area contributed by atoms with Crippen LogP contribution in [0.4, 0.5) is 5.69 Å². The van der Waals surface area contributed by atoms with E-state index in [9.17, 15) is 19.2 Å². The Hall–Kier alpha value is -4.51. The molecule has 11 heteroatoms. The quantitative estimate of drug-likeness (QED) is 0.278. The van der Waals surface area contributed by atoms with E-state index in [0.29, 0.717) is 22.1 Å². The molecule has 40 heavy (non-hydrogen) atoms. The first-order chi connectivity index (χ1) is 19.1. The van der Waals surface area contributed by atoms with Crippen molar-refractivity contribution in [3.63, 3.8) is 0 Å². The van der Waals surface area contributed by atoms with Crippen LogP contribution < -0.4 is 10.1 Å². The number of aryl methyl sites for hydroxylation is 1. The van der Waals surface area contributed by atoms with Gasteiger partial charge >= 0.3 is 5.97 Å². The van der Waals surface area contributed by atoms with E-state index in [4.69, 9.17) is 14.3 Å². The molecule has 3 amide bonds. The van der Waals surface area contributed by atoms with Crippen molar-refractivity contribution in [1.29, 1.82) is 0 Å². The van der Waals surface area contributed by atoms with Crippen LogP contribution in [0, 0.1) is 0 Å². The van der Waals surface area contributed by atoms with Crippen LogP contribution in [0.25, 0.3) is 0 Å². The van der Waals surface area contributed by atoms with E-state index in [1.165, 1.54) is 18.3 Å². The molecule has 3 aromatic rings. The number of unbranched alkanes of at least 4 members (excludes halogenated alkanes) is 1. The number of hydrogen-bond acceptors (Lipinski definition) is 8. The van der Waals surface area contributed by atoms with Gasteiger partial charge in [0.05, 0.1) is 22.9 Å². The molecule has 0 unspecified atom stereocenters. The third-order valence-electron chi connectivity index (χ3n) is 5.81. The second-order valence-corrected chi connectivity index (χ2v) is 10.2. The zero-order chi connectivity index (χ0) is 28.9. The molecule has 0 saturated heterocycles. The molecular weight excluding hydrogens is 516 g/mol. The molecule has 1 atom stereocenters. The third-order valence-corrected chi connectivity index (χ3v) is 5.81. The number of aromatic nitrogens is 2. The van der Waals surface area contributed by atoms with E-state index in [1.54, 1.807) is 68.0 Å². The van der Waals surface area contributed by atoms with Crippen LogP contribution in [-0.4, -0.2) is 56.8 Å². The number of hydroxylamine groups is 2. The average molecular weight is 549 g/mol. The van der Waals surface area contributed by atoms with Crippen LogP contribution in [0.15, 0.2) is 60.9 Å². The molecule has 2 aromatic carbocycles. The Morgan fingerprint density at radius 3 is 2.25 bits per heavy atom. The normalized spacial score (nSPS) is 13.7. The number of carbonyl (C=O) groups excluding carboxylic acids is 4. The predicted molar refractivity (Wildman–Crippen MR) is 145 cm³/mol. The van der Waals surface area contributed by atoms with Gasteiger partial charge in [0, 0.05) is 18.4 Å². The number of fused-ring (bicyclic) bond motifs is 1. The number of rotatable bonds is 11. The second-order valence-electron chi connectivity index (χ2n) is 10.2. The van der Waals surface area contributed by atoms with Gasteiger partial charge in [0.2, 0.25) is 6.10 Å². The molecule has 2 heterocycles. The summed E-state index contributed by atoms with van der Waals surface area (Å²) in [5, 5.41) is 7.57. The first kappa shape index (κ1) is 28.5. The first-order valence-electron chi connectivity index (χ1n) is 13.0. The van der Waals surface area contributed by atoms with Crippen molar-refractivity contribution >= 4 is 29.4 Å². The number of nitrogens with zero attached hydrogens (tertiary/aromatic N) is 3. The number of carbonyl (C=O) groups is 4. The maximum Gasteiger partial charge on any atom is 0.342 e. The lowest BCUT2D eigenvalue weighted by Gasteiger charge is -2.26. The summed E-state index contributed by atoms with van der Waals surface area (Å²) >= 11 is 0. The topological polar surface area (TPSA) is 129 Å². The van der Waals surface area contributed by atoms with Crippen LogP contribution in [0.2, 0.25) is 0 Å². The van der Waals surface area contributed by atoms with Gasteiger partial charge in [-0.1, -0.05) is 25.5 Å². The summed E-state index contributed by atoms with van der Waals surface area (Å²) in [6.45, 7) is 7.56. The van der Waals surface area contributed by atoms with Crippen LogP contribution >= 0.6 is 0 Å². The van der Waals surface area contributed by atoms with Crippen molar-refractivity contribution in [1.82, 2.24) is 14.8 Å². The Morgan fingerprint density at radius 2 is 1.65 bits per heavy atom. The molecule has 1 N–H and O–H groups in total. The van der Waals surface area contributed by atoms with Gasteiger partial charge in [-0.25, -0.2) is 9.63 Å². The number of amides is 3. The minimum absolute atomic E-state index is 0.183. The number of esters is 1. The van der Waals surface area contributed by atoms with Crippen LogP contribution in [0.1, 0.15) is 71.6 Å². The number of benzene rings is 2. The molecule has 1 aliphatic rings. The summed E-state index contributed by atoms with van der Waals surface area (Å²) in [5.74, 6) is -2.08. The largest absolute Gasteiger partial charge is 0.490 e. The second kappa shape index (κ2) is 12.1. The fraction of sp³-hybridized carbons (Fsp3) is 0.345. The van der Waals surface area contributed by atoms with Crippen molar-refractivity contribution < 1.29 is 33.5 Å². The Kier molecular flexibility index (Phi) is 8.64. The van der Waals surface area contributed by atoms with Gasteiger partial charge < -0.3 is 14.8 Å². The highest BCUT2D eigenvalue weighted by Gasteiger charge is 2.40. The Labute approximate surface area is 232 Å². The first-order valence-corrected chi connectivity index (χ1v) is 13.0. The minimum atomic E-state index is -1.41. The highest BCUT2D eigenvalue weighted by molar-refractivity contribution is 6.20. The van der Waals surface area contributed by atoms with Crippen molar-refractivity contribution in [2.75, 3.05) is 11.9 Å². The van der Waals surface area contributed by atoms with Crippen molar-refractivity contribution in [3.05, 3.63) is 77.6 Å². The van der Waals surface area contributed by atoms with E-state index in [1.807, 2.05) is 0 Å². The van der Waals surface area contributed by atoms with Gasteiger partial charge in [0.15, 0.2) is 0 Å². The Morgan fingerprint density at radius 1 is 1.00 bits per heavy atom. The number of nitrogens with one attached hydrogen (secondary N) is 1. The molecule has 1 aromatic heterocycles. The number of anilines is 1. The molecular formula is C29H32N4O7. The molecule has 11 nitrogen and oxygen atoms in total. The zero-order valence-electron chi connectivity index (χ0n) is 22.9. The monoisotopic (exact) mass is 548 g/mol. The van der Waals surface area contributed by atoms with E-state index < -0.39 is 29.5 Å². The smallest absolute Gasteiger partial charge is 0.342 e. The van der Waals surface area contributed by atoms with E-state index in [-0.39, 0.29) is 23.6 Å². The lowest BCUT2D eigenvalue weighted by atomic mass is 10.1. The molecule has 0 spiro atoms. The summed E-state index contributed by atoms with van der Waals surface area (Å²) in [6.07, 6.45) is 3.82. The summed E-state index contributed by atoms with van der Waals surface area (Å²) in [5.41, 5.74) is 0.503. The molecule has 0 saturated carbocycles.